The van der Waals surface area contributed by atoms with Gasteiger partial charge in [0.05, 0.1) is 12.4 Å². The Morgan fingerprint density at radius 3 is 2.37 bits per heavy atom. The number of ether oxygens (including phenoxy) is 1. The minimum Gasteiger partial charge on any atom is -0.480 e. The van der Waals surface area contributed by atoms with Crippen LogP contribution in [0.5, 0.6) is 0 Å². The third-order valence-corrected chi connectivity index (χ3v) is 9.33. The minimum atomic E-state index is -1.26. The monoisotopic (exact) mass is 734 g/mol. The maximum absolute atomic E-state index is 13.9. The minimum absolute atomic E-state index is 0.00713. The number of hydrogen-bond acceptors (Lipinski definition) is 8. The average molecular weight is 735 g/mol. The lowest BCUT2D eigenvalue weighted by Crippen LogP contribution is -2.58. The highest BCUT2D eigenvalue weighted by atomic mass is 16.5. The lowest BCUT2D eigenvalue weighted by atomic mass is 9.92. The molecule has 3 heterocycles. The van der Waals surface area contributed by atoms with E-state index in [2.05, 4.69) is 30.9 Å². The zero-order chi connectivity index (χ0) is 38.0. The highest BCUT2D eigenvalue weighted by molar-refractivity contribution is 5.93. The molecule has 0 unspecified atom stereocenters. The first-order valence-corrected chi connectivity index (χ1v) is 17.6. The number of H-pyrrole nitrogens is 2. The van der Waals surface area contributed by atoms with Crippen LogP contribution >= 0.6 is 0 Å². The van der Waals surface area contributed by atoms with Gasteiger partial charge in [-0.15, -0.1) is 0 Å². The quantitative estimate of drug-likeness (QED) is 0.0837. The van der Waals surface area contributed by atoms with Gasteiger partial charge in [-0.3, -0.25) is 14.4 Å². The molecule has 5 aromatic rings. The van der Waals surface area contributed by atoms with Gasteiger partial charge in [-0.05, 0) is 40.6 Å². The first kappa shape index (κ1) is 37.3. The molecule has 0 saturated carbocycles. The van der Waals surface area contributed by atoms with E-state index in [0.717, 1.165) is 27.6 Å². The number of benzene rings is 3. The van der Waals surface area contributed by atoms with Crippen molar-refractivity contribution in [2.75, 3.05) is 6.54 Å². The van der Waals surface area contributed by atoms with Crippen molar-refractivity contribution in [3.63, 3.8) is 0 Å². The fourth-order valence-electron chi connectivity index (χ4n) is 6.46. The van der Waals surface area contributed by atoms with Gasteiger partial charge in [-0.2, -0.15) is 0 Å². The maximum Gasteiger partial charge on any atom is 0.408 e. The number of carbonyl (C=O) groups is 5. The van der Waals surface area contributed by atoms with Crippen LogP contribution in [0, 0.1) is 0 Å². The zero-order valence-electron chi connectivity index (χ0n) is 29.4. The van der Waals surface area contributed by atoms with Crippen LogP contribution in [0.4, 0.5) is 4.79 Å². The molecule has 280 valence electrons. The summed E-state index contributed by atoms with van der Waals surface area (Å²) in [4.78, 5) is 77.4. The molecule has 1 aliphatic rings. The second kappa shape index (κ2) is 17.4. The number of rotatable bonds is 15. The first-order chi connectivity index (χ1) is 26.1. The number of nitrogens with zero attached hydrogens (tertiary/aromatic N) is 2. The molecule has 6 rings (SSSR count). The van der Waals surface area contributed by atoms with Gasteiger partial charge in [-0.25, -0.2) is 14.6 Å². The number of aromatic amines is 2. The van der Waals surface area contributed by atoms with Gasteiger partial charge in [0.2, 0.25) is 17.7 Å². The molecule has 2 aromatic heterocycles. The van der Waals surface area contributed by atoms with Gasteiger partial charge in [0, 0.05) is 55.5 Å². The molecule has 0 fully saturated rings. The third kappa shape index (κ3) is 9.49. The number of amides is 4. The van der Waals surface area contributed by atoms with E-state index in [1.54, 1.807) is 0 Å². The number of hydrogen-bond donors (Lipinski definition) is 7. The average Bonchev–Trinajstić information content (AvgIpc) is 3.85. The van der Waals surface area contributed by atoms with Crippen molar-refractivity contribution in [2.45, 2.75) is 63.0 Å². The van der Waals surface area contributed by atoms with Crippen LogP contribution in [0.3, 0.4) is 0 Å². The molecule has 0 saturated heterocycles. The van der Waals surface area contributed by atoms with E-state index in [1.165, 1.54) is 17.4 Å². The van der Waals surface area contributed by atoms with E-state index in [-0.39, 0.29) is 45.4 Å². The molecule has 8 N–H and O–H groups in total. The van der Waals surface area contributed by atoms with E-state index in [0.29, 0.717) is 11.4 Å². The largest absolute Gasteiger partial charge is 0.480 e. The number of carboxylic acid groups (broad SMARTS) is 1. The predicted octanol–water partition coefficient (Wildman–Crippen LogP) is 2.33. The standard InChI is InChI=1S/C39H42N8O7/c40-30(14-15-42-35(48)32(19-29-20-41-23-43-29)46-39(53)54-22-24-8-2-1-3-9-24)37(50)47-21-27-12-5-4-10-25(27)17-34(47)36(49)45-33(38(51)52)18-28-16-26-11-6-7-13-31(26)44-28/h1-13,16,20,23,30,32-34,44H,14-15,17-19,21-22,40H2,(H,41,43)(H,42,48)(H,45,49)(H,46,53)(H,51,52)/t30-,32-,33-,34-/m0/s1. The fourth-order valence-corrected chi connectivity index (χ4v) is 6.46. The lowest BCUT2D eigenvalue weighted by Gasteiger charge is -2.37. The van der Waals surface area contributed by atoms with E-state index in [9.17, 15) is 29.1 Å². The van der Waals surface area contributed by atoms with E-state index < -0.39 is 54.0 Å². The van der Waals surface area contributed by atoms with Gasteiger partial charge >= 0.3 is 12.1 Å². The zero-order valence-corrected chi connectivity index (χ0v) is 29.4. The number of carboxylic acids is 1. The van der Waals surface area contributed by atoms with Crippen LogP contribution in [0.2, 0.25) is 0 Å². The molecule has 0 radical (unpaired) electrons. The van der Waals surface area contributed by atoms with Crippen LogP contribution in [0.15, 0.2) is 97.5 Å². The normalized spacial score (nSPS) is 15.4. The Labute approximate surface area is 310 Å². The highest BCUT2D eigenvalue weighted by Gasteiger charge is 2.38. The Morgan fingerprint density at radius 2 is 1.63 bits per heavy atom. The van der Waals surface area contributed by atoms with Crippen LogP contribution in [-0.4, -0.2) is 85.5 Å². The summed E-state index contributed by atoms with van der Waals surface area (Å²) < 4.78 is 5.31. The summed E-state index contributed by atoms with van der Waals surface area (Å²) in [6.07, 6.45) is 2.50. The van der Waals surface area contributed by atoms with E-state index in [1.807, 2.05) is 84.9 Å². The van der Waals surface area contributed by atoms with Gasteiger partial charge < -0.3 is 46.4 Å². The molecular weight excluding hydrogens is 692 g/mol. The molecule has 4 amide bonds. The summed E-state index contributed by atoms with van der Waals surface area (Å²) in [6, 6.07) is 21.5. The van der Waals surface area contributed by atoms with Crippen molar-refractivity contribution < 1.29 is 33.8 Å². The number of aliphatic carboxylic acids is 1. The third-order valence-electron chi connectivity index (χ3n) is 9.33. The van der Waals surface area contributed by atoms with Gasteiger partial charge in [0.25, 0.3) is 0 Å². The maximum atomic E-state index is 13.9. The molecule has 54 heavy (non-hydrogen) atoms. The summed E-state index contributed by atoms with van der Waals surface area (Å²) in [6.45, 7) is 0.0933. The Morgan fingerprint density at radius 1 is 0.907 bits per heavy atom. The molecule has 0 bridgehead atoms. The van der Waals surface area contributed by atoms with E-state index in [4.69, 9.17) is 10.5 Å². The van der Waals surface area contributed by atoms with Crippen molar-refractivity contribution in [2.24, 2.45) is 5.73 Å². The van der Waals surface area contributed by atoms with Crippen LogP contribution in [0.1, 0.15) is 34.5 Å². The lowest BCUT2D eigenvalue weighted by molar-refractivity contribution is -0.146. The summed E-state index contributed by atoms with van der Waals surface area (Å²) in [7, 11) is 0. The Hall–Kier alpha value is -6.48. The Kier molecular flexibility index (Phi) is 12.0. The molecule has 1 aliphatic heterocycles. The molecule has 15 heteroatoms. The van der Waals surface area contributed by atoms with Crippen molar-refractivity contribution in [3.8, 4) is 0 Å². The number of alkyl carbamates (subject to hydrolysis) is 1. The van der Waals surface area contributed by atoms with Crippen molar-refractivity contribution in [1.29, 1.82) is 0 Å². The molecular formula is C39H42N8O7. The molecule has 3 aromatic carbocycles. The topological polar surface area (TPSA) is 225 Å². The van der Waals surface area contributed by atoms with Crippen molar-refractivity contribution in [3.05, 3.63) is 126 Å². The Balaban J connectivity index is 1.08. The number of nitrogens with two attached hydrogens (primary N) is 1. The van der Waals surface area contributed by atoms with Crippen molar-refractivity contribution in [1.82, 2.24) is 35.8 Å². The van der Waals surface area contributed by atoms with Crippen molar-refractivity contribution >= 4 is 40.7 Å². The number of fused-ring (bicyclic) bond motifs is 2. The second-order valence-corrected chi connectivity index (χ2v) is 13.2. The highest BCUT2D eigenvalue weighted by Crippen LogP contribution is 2.25. The van der Waals surface area contributed by atoms with Gasteiger partial charge in [0.15, 0.2) is 0 Å². The molecule has 15 nitrogen and oxygen atoms in total. The molecule has 0 spiro atoms. The van der Waals surface area contributed by atoms with Gasteiger partial charge in [-0.1, -0.05) is 72.8 Å². The fraction of sp³-hybridized carbons (Fsp3) is 0.282. The summed E-state index contributed by atoms with van der Waals surface area (Å²) in [5, 5.41) is 19.0. The summed E-state index contributed by atoms with van der Waals surface area (Å²) in [5.74, 6) is -2.89. The first-order valence-electron chi connectivity index (χ1n) is 17.6. The number of nitrogens with one attached hydrogen (secondary N) is 5. The molecule has 4 atom stereocenters. The number of carbonyl (C=O) groups excluding carboxylic acids is 4. The van der Waals surface area contributed by atoms with Crippen LogP contribution in [-0.2, 0) is 56.3 Å². The van der Waals surface area contributed by atoms with Crippen LogP contribution < -0.4 is 21.7 Å². The Bertz CT molecular complexity index is 2050. The van der Waals surface area contributed by atoms with Gasteiger partial charge in [0.1, 0.15) is 24.7 Å². The SMILES string of the molecule is N[C@@H](CCNC(=O)[C@H](Cc1cnc[nH]1)NC(=O)OCc1ccccc1)C(=O)N1Cc2ccccc2C[C@H]1C(=O)N[C@@H](Cc1cc2ccccc2[nH]1)C(=O)O. The predicted molar refractivity (Wildman–Crippen MR) is 197 cm³/mol. The van der Waals surface area contributed by atoms with Crippen LogP contribution in [0.25, 0.3) is 10.9 Å². The molecule has 0 aliphatic carbocycles. The summed E-state index contributed by atoms with van der Waals surface area (Å²) >= 11 is 0. The second-order valence-electron chi connectivity index (χ2n) is 13.2. The number of aromatic nitrogens is 3. The number of para-hydroxylation sites is 1. The smallest absolute Gasteiger partial charge is 0.408 e. The summed E-state index contributed by atoms with van der Waals surface area (Å²) in [5.41, 5.74) is 11.0. The number of imidazole rings is 1. The van der Waals surface area contributed by atoms with E-state index >= 15 is 0 Å².